The van der Waals surface area contributed by atoms with E-state index in [9.17, 15) is 0 Å². The Labute approximate surface area is 173 Å². The summed E-state index contributed by atoms with van der Waals surface area (Å²) in [5.41, 5.74) is 9.18. The molecule has 0 saturated carbocycles. The minimum atomic E-state index is 0. The Bertz CT molecular complexity index is 669. The van der Waals surface area contributed by atoms with Crippen molar-refractivity contribution in [2.24, 2.45) is 10.7 Å². The number of halogens is 1. The van der Waals surface area contributed by atoms with Crippen LogP contribution in [-0.4, -0.2) is 38.1 Å². The van der Waals surface area contributed by atoms with Gasteiger partial charge in [0.15, 0.2) is 5.96 Å². The fourth-order valence-electron chi connectivity index (χ4n) is 2.26. The number of aryl methyl sites for hydroxylation is 1. The molecule has 0 amide bonds. The smallest absolute Gasteiger partial charge is 0.193 e. The molecule has 0 aliphatic heterocycles. The summed E-state index contributed by atoms with van der Waals surface area (Å²) in [4.78, 5) is 6.53. The predicted molar refractivity (Wildman–Crippen MR) is 121 cm³/mol. The Morgan fingerprint density at radius 3 is 2.35 bits per heavy atom. The van der Waals surface area contributed by atoms with E-state index in [0.29, 0.717) is 12.5 Å². The van der Waals surface area contributed by atoms with E-state index in [1.54, 1.807) is 0 Å². The van der Waals surface area contributed by atoms with Gasteiger partial charge in [-0.2, -0.15) is 0 Å². The largest absolute Gasteiger partial charge is 0.494 e. The monoisotopic (exact) mass is 468 g/mol. The van der Waals surface area contributed by atoms with Crippen molar-refractivity contribution in [2.75, 3.05) is 32.6 Å². The van der Waals surface area contributed by atoms with Gasteiger partial charge in [0, 0.05) is 12.2 Å². The van der Waals surface area contributed by atoms with E-state index < -0.39 is 0 Å². The molecule has 2 aromatic rings. The molecule has 0 unspecified atom stereocenters. The molecule has 142 valence electrons. The van der Waals surface area contributed by atoms with Crippen LogP contribution in [0.2, 0.25) is 0 Å². The van der Waals surface area contributed by atoms with Crippen LogP contribution in [0, 0.1) is 6.92 Å². The number of nitrogens with one attached hydrogen (secondary N) is 1. The highest BCUT2D eigenvalue weighted by Gasteiger charge is 1.98. The molecule has 2 rings (SSSR count). The third kappa shape index (κ3) is 8.53. The zero-order chi connectivity index (χ0) is 18.1. The van der Waals surface area contributed by atoms with Crippen molar-refractivity contribution >= 4 is 35.6 Å². The van der Waals surface area contributed by atoms with Gasteiger partial charge in [-0.1, -0.05) is 29.8 Å². The highest BCUT2D eigenvalue weighted by Crippen LogP contribution is 2.13. The lowest BCUT2D eigenvalue weighted by atomic mass is 10.2. The molecule has 0 aliphatic carbocycles. The van der Waals surface area contributed by atoms with Crippen LogP contribution < -0.4 is 15.8 Å². The molecule has 0 spiro atoms. The number of aliphatic imine (C=N–C) groups is 1. The third-order valence-electron chi connectivity index (χ3n) is 3.70. The van der Waals surface area contributed by atoms with E-state index in [1.165, 1.54) is 5.56 Å². The average molecular weight is 468 g/mol. The number of nitrogens with zero attached hydrogens (tertiary/aromatic N) is 2. The third-order valence-corrected chi connectivity index (χ3v) is 3.70. The lowest BCUT2D eigenvalue weighted by molar-refractivity contribution is 0.281. The number of benzene rings is 2. The molecule has 0 bridgehead atoms. The van der Waals surface area contributed by atoms with Gasteiger partial charge in [0.2, 0.25) is 0 Å². The Morgan fingerprint density at radius 1 is 1.08 bits per heavy atom. The lowest BCUT2D eigenvalue weighted by Crippen LogP contribution is -2.22. The molecule has 5 nitrogen and oxygen atoms in total. The summed E-state index contributed by atoms with van der Waals surface area (Å²) in [5, 5.41) is 3.09. The SMILES string of the molecule is Cc1ccc(NC(N)=NCc2ccc(OCCCN(C)C)cc2)cc1.I. The van der Waals surface area contributed by atoms with Crippen molar-refractivity contribution in [3.63, 3.8) is 0 Å². The van der Waals surface area contributed by atoms with Gasteiger partial charge in [-0.05, 0) is 57.3 Å². The summed E-state index contributed by atoms with van der Waals surface area (Å²) in [6.07, 6.45) is 1.01. The van der Waals surface area contributed by atoms with Gasteiger partial charge in [0.05, 0.1) is 13.2 Å². The number of hydrogen-bond donors (Lipinski definition) is 2. The number of anilines is 1. The standard InChI is InChI=1S/C20H28N4O.HI/c1-16-5-9-18(10-6-16)23-20(21)22-15-17-7-11-19(12-8-17)25-14-4-13-24(2)3;/h5-12H,4,13-15H2,1-3H3,(H3,21,22,23);1H. The number of hydrogen-bond acceptors (Lipinski definition) is 3. The van der Waals surface area contributed by atoms with Crippen LogP contribution in [0.1, 0.15) is 17.5 Å². The van der Waals surface area contributed by atoms with Crippen LogP contribution in [0.15, 0.2) is 53.5 Å². The van der Waals surface area contributed by atoms with Crippen LogP contribution in [-0.2, 0) is 6.54 Å². The van der Waals surface area contributed by atoms with Gasteiger partial charge < -0.3 is 20.7 Å². The number of rotatable bonds is 8. The highest BCUT2D eigenvalue weighted by molar-refractivity contribution is 14.0. The fourth-order valence-corrected chi connectivity index (χ4v) is 2.26. The van der Waals surface area contributed by atoms with Gasteiger partial charge in [-0.25, -0.2) is 4.99 Å². The molecular weight excluding hydrogens is 439 g/mol. The molecule has 2 aromatic carbocycles. The van der Waals surface area contributed by atoms with E-state index in [0.717, 1.165) is 36.6 Å². The first-order valence-corrected chi connectivity index (χ1v) is 8.53. The van der Waals surface area contributed by atoms with Crippen LogP contribution >= 0.6 is 24.0 Å². The van der Waals surface area contributed by atoms with Gasteiger partial charge in [-0.3, -0.25) is 0 Å². The molecule has 6 heteroatoms. The fraction of sp³-hybridized carbons (Fsp3) is 0.350. The summed E-state index contributed by atoms with van der Waals surface area (Å²) < 4.78 is 5.73. The molecule has 3 N–H and O–H groups in total. The van der Waals surface area contributed by atoms with Crippen LogP contribution in [0.3, 0.4) is 0 Å². The predicted octanol–water partition coefficient (Wildman–Crippen LogP) is 3.87. The maximum Gasteiger partial charge on any atom is 0.193 e. The molecule has 0 heterocycles. The van der Waals surface area contributed by atoms with Crippen molar-refractivity contribution in [1.82, 2.24) is 4.90 Å². The zero-order valence-electron chi connectivity index (χ0n) is 15.7. The van der Waals surface area contributed by atoms with E-state index in [-0.39, 0.29) is 24.0 Å². The van der Waals surface area contributed by atoms with Gasteiger partial charge >= 0.3 is 0 Å². The molecular formula is C20H29IN4O. The van der Waals surface area contributed by atoms with Crippen LogP contribution in [0.25, 0.3) is 0 Å². The minimum absolute atomic E-state index is 0. The summed E-state index contributed by atoms with van der Waals surface area (Å²) in [6, 6.07) is 16.0. The van der Waals surface area contributed by atoms with E-state index in [2.05, 4.69) is 36.2 Å². The molecule has 0 saturated heterocycles. The maximum absolute atomic E-state index is 5.94. The van der Waals surface area contributed by atoms with Crippen LogP contribution in [0.4, 0.5) is 5.69 Å². The molecule has 0 radical (unpaired) electrons. The van der Waals surface area contributed by atoms with Gasteiger partial charge in [0.1, 0.15) is 5.75 Å². The van der Waals surface area contributed by atoms with Gasteiger partial charge in [0.25, 0.3) is 0 Å². The Balaban J connectivity index is 0.00000338. The highest BCUT2D eigenvalue weighted by atomic mass is 127. The van der Waals surface area contributed by atoms with Crippen molar-refractivity contribution in [3.8, 4) is 5.75 Å². The minimum Gasteiger partial charge on any atom is -0.494 e. The molecule has 0 atom stereocenters. The first-order valence-electron chi connectivity index (χ1n) is 8.53. The zero-order valence-corrected chi connectivity index (χ0v) is 18.1. The Kier molecular flexibility index (Phi) is 10.0. The summed E-state index contributed by atoms with van der Waals surface area (Å²) in [5.74, 6) is 1.30. The first kappa shape index (κ1) is 22.2. The number of nitrogens with two attached hydrogens (primary N) is 1. The summed E-state index contributed by atoms with van der Waals surface area (Å²) in [7, 11) is 4.13. The maximum atomic E-state index is 5.94. The first-order chi connectivity index (χ1) is 12.0. The number of ether oxygens (including phenoxy) is 1. The quantitative estimate of drug-likeness (QED) is 0.267. The summed E-state index contributed by atoms with van der Waals surface area (Å²) in [6.45, 7) is 4.34. The second-order valence-electron chi connectivity index (χ2n) is 6.34. The second-order valence-corrected chi connectivity index (χ2v) is 6.34. The molecule has 0 aliphatic rings. The average Bonchev–Trinajstić information content (AvgIpc) is 2.60. The molecule has 26 heavy (non-hydrogen) atoms. The lowest BCUT2D eigenvalue weighted by Gasteiger charge is -2.10. The van der Waals surface area contributed by atoms with Crippen molar-refractivity contribution < 1.29 is 4.74 Å². The Hall–Kier alpha value is -1.80. The normalized spacial score (nSPS) is 11.2. The molecule has 0 aromatic heterocycles. The second kappa shape index (κ2) is 11.7. The van der Waals surface area contributed by atoms with Crippen molar-refractivity contribution in [3.05, 3.63) is 59.7 Å². The van der Waals surface area contributed by atoms with Crippen molar-refractivity contribution in [2.45, 2.75) is 19.9 Å². The number of guanidine groups is 1. The van der Waals surface area contributed by atoms with Gasteiger partial charge in [-0.15, -0.1) is 24.0 Å². The van der Waals surface area contributed by atoms with Crippen LogP contribution in [0.5, 0.6) is 5.75 Å². The van der Waals surface area contributed by atoms with E-state index >= 15 is 0 Å². The van der Waals surface area contributed by atoms with Crippen molar-refractivity contribution in [1.29, 1.82) is 0 Å². The molecule has 0 fully saturated rings. The van der Waals surface area contributed by atoms with E-state index in [4.69, 9.17) is 10.5 Å². The summed E-state index contributed by atoms with van der Waals surface area (Å²) >= 11 is 0. The van der Waals surface area contributed by atoms with E-state index in [1.807, 2.05) is 48.5 Å². The topological polar surface area (TPSA) is 62.9 Å². The Morgan fingerprint density at radius 2 is 1.73 bits per heavy atom.